The van der Waals surface area contributed by atoms with Gasteiger partial charge in [0.2, 0.25) is 5.88 Å². The summed E-state index contributed by atoms with van der Waals surface area (Å²) in [5.41, 5.74) is 0.721. The van der Waals surface area contributed by atoms with Gasteiger partial charge < -0.3 is 10.1 Å². The Morgan fingerprint density at radius 2 is 2.17 bits per heavy atom. The van der Waals surface area contributed by atoms with Gasteiger partial charge in [0.15, 0.2) is 9.84 Å². The minimum Gasteiger partial charge on any atom is -0.476 e. The molecular formula is C12H20N2O3S. The highest BCUT2D eigenvalue weighted by atomic mass is 32.2. The fraction of sp³-hybridized carbons (Fsp3) is 0.583. The lowest BCUT2D eigenvalue weighted by Gasteiger charge is -2.16. The van der Waals surface area contributed by atoms with Crippen molar-refractivity contribution in [1.82, 2.24) is 4.98 Å². The second-order valence-corrected chi connectivity index (χ2v) is 6.43. The summed E-state index contributed by atoms with van der Waals surface area (Å²) in [6.45, 7) is 5.88. The van der Waals surface area contributed by atoms with Crippen molar-refractivity contribution in [3.8, 4) is 5.88 Å². The van der Waals surface area contributed by atoms with Gasteiger partial charge in [-0.3, -0.25) is 0 Å². The maximum absolute atomic E-state index is 11.5. The van der Waals surface area contributed by atoms with E-state index in [0.29, 0.717) is 12.5 Å². The normalized spacial score (nSPS) is 13.1. The van der Waals surface area contributed by atoms with E-state index in [1.165, 1.54) is 0 Å². The second-order valence-electron chi connectivity index (χ2n) is 4.03. The molecule has 1 aromatic rings. The first-order valence-electron chi connectivity index (χ1n) is 6.03. The molecule has 0 saturated carbocycles. The van der Waals surface area contributed by atoms with Crippen LogP contribution in [0.15, 0.2) is 18.3 Å². The molecule has 0 amide bonds. The first-order chi connectivity index (χ1) is 8.48. The third kappa shape index (κ3) is 4.52. The van der Waals surface area contributed by atoms with Crippen LogP contribution in [-0.2, 0) is 9.84 Å². The fourth-order valence-electron chi connectivity index (χ4n) is 1.56. The average molecular weight is 272 g/mol. The second kappa shape index (κ2) is 6.58. The minimum absolute atomic E-state index is 0.101. The quantitative estimate of drug-likeness (QED) is 0.818. The van der Waals surface area contributed by atoms with Crippen molar-refractivity contribution >= 4 is 15.5 Å². The minimum atomic E-state index is -2.99. The Balaban J connectivity index is 2.72. The van der Waals surface area contributed by atoms with E-state index in [2.05, 4.69) is 10.3 Å². The molecule has 1 atom stereocenters. The van der Waals surface area contributed by atoms with Gasteiger partial charge >= 0.3 is 0 Å². The van der Waals surface area contributed by atoms with Crippen LogP contribution < -0.4 is 10.1 Å². The molecule has 0 aliphatic rings. The summed E-state index contributed by atoms with van der Waals surface area (Å²) in [5.74, 6) is 0.759. The van der Waals surface area contributed by atoms with Crippen molar-refractivity contribution in [2.75, 3.05) is 23.4 Å². The molecule has 1 N–H and O–H groups in total. The zero-order valence-electron chi connectivity index (χ0n) is 11.0. The largest absolute Gasteiger partial charge is 0.476 e. The topological polar surface area (TPSA) is 68.3 Å². The summed E-state index contributed by atoms with van der Waals surface area (Å²) in [6.07, 6.45) is 1.64. The number of pyridine rings is 1. The summed E-state index contributed by atoms with van der Waals surface area (Å²) in [4.78, 5) is 4.10. The van der Waals surface area contributed by atoms with Crippen LogP contribution in [0.3, 0.4) is 0 Å². The Labute approximate surface area is 108 Å². The lowest BCUT2D eigenvalue weighted by atomic mass is 10.3. The third-order valence-corrected chi connectivity index (χ3v) is 4.29. The van der Waals surface area contributed by atoms with Crippen molar-refractivity contribution in [3.63, 3.8) is 0 Å². The van der Waals surface area contributed by atoms with E-state index in [-0.39, 0.29) is 17.5 Å². The zero-order chi connectivity index (χ0) is 13.6. The van der Waals surface area contributed by atoms with Crippen LogP contribution in [-0.4, -0.2) is 37.6 Å². The average Bonchev–Trinajstić information content (AvgIpc) is 2.31. The fourth-order valence-corrected chi connectivity index (χ4v) is 2.64. The predicted molar refractivity (Wildman–Crippen MR) is 72.8 cm³/mol. The van der Waals surface area contributed by atoms with Gasteiger partial charge in [-0.2, -0.15) is 0 Å². The van der Waals surface area contributed by atoms with Crippen molar-refractivity contribution < 1.29 is 13.2 Å². The summed E-state index contributed by atoms with van der Waals surface area (Å²) in [7, 11) is -2.99. The van der Waals surface area contributed by atoms with E-state index in [9.17, 15) is 8.42 Å². The monoisotopic (exact) mass is 272 g/mol. The maximum Gasteiger partial charge on any atom is 0.237 e. The Bertz CT molecular complexity index is 474. The van der Waals surface area contributed by atoms with E-state index >= 15 is 0 Å². The molecule has 18 heavy (non-hydrogen) atoms. The molecule has 0 bridgehead atoms. The standard InChI is InChI=1S/C12H20N2O3S/c1-4-17-12-11(7-6-8-13-12)14-10(3)9-18(15,16)5-2/h6-8,10,14H,4-5,9H2,1-3H3. The van der Waals surface area contributed by atoms with Gasteiger partial charge in [0.05, 0.1) is 18.0 Å². The molecule has 0 aliphatic carbocycles. The smallest absolute Gasteiger partial charge is 0.237 e. The summed E-state index contributed by atoms with van der Waals surface area (Å²) >= 11 is 0. The molecular weight excluding hydrogens is 252 g/mol. The Hall–Kier alpha value is -1.30. The van der Waals surface area contributed by atoms with E-state index < -0.39 is 9.84 Å². The van der Waals surface area contributed by atoms with Crippen LogP contribution in [0.5, 0.6) is 5.88 Å². The van der Waals surface area contributed by atoms with Crippen LogP contribution in [0.25, 0.3) is 0 Å². The zero-order valence-corrected chi connectivity index (χ0v) is 11.8. The van der Waals surface area contributed by atoms with Crippen molar-refractivity contribution in [2.45, 2.75) is 26.8 Å². The Morgan fingerprint density at radius 1 is 1.44 bits per heavy atom. The molecule has 0 radical (unpaired) electrons. The van der Waals surface area contributed by atoms with E-state index in [1.807, 2.05) is 19.9 Å². The van der Waals surface area contributed by atoms with Gasteiger partial charge in [-0.15, -0.1) is 0 Å². The number of rotatable bonds is 7. The summed E-state index contributed by atoms with van der Waals surface area (Å²) in [5, 5.41) is 3.12. The van der Waals surface area contributed by atoms with E-state index in [0.717, 1.165) is 5.69 Å². The summed E-state index contributed by atoms with van der Waals surface area (Å²) in [6, 6.07) is 3.43. The number of hydrogen-bond acceptors (Lipinski definition) is 5. The SMILES string of the molecule is CCOc1ncccc1NC(C)CS(=O)(=O)CC. The van der Waals surface area contributed by atoms with Gasteiger partial charge in [-0.25, -0.2) is 13.4 Å². The van der Waals surface area contributed by atoms with Gasteiger partial charge in [0.25, 0.3) is 0 Å². The molecule has 0 aliphatic heterocycles. The molecule has 0 fully saturated rings. The number of sulfone groups is 1. The molecule has 6 heteroatoms. The molecule has 5 nitrogen and oxygen atoms in total. The number of anilines is 1. The lowest BCUT2D eigenvalue weighted by molar-refractivity contribution is 0.328. The van der Waals surface area contributed by atoms with Crippen molar-refractivity contribution in [1.29, 1.82) is 0 Å². The Morgan fingerprint density at radius 3 is 2.78 bits per heavy atom. The molecule has 1 rings (SSSR count). The van der Waals surface area contributed by atoms with E-state index in [4.69, 9.17) is 4.74 Å². The van der Waals surface area contributed by atoms with Gasteiger partial charge in [-0.1, -0.05) is 6.92 Å². The first kappa shape index (κ1) is 14.8. The highest BCUT2D eigenvalue weighted by Crippen LogP contribution is 2.21. The van der Waals surface area contributed by atoms with Gasteiger partial charge in [0.1, 0.15) is 0 Å². The molecule has 102 valence electrons. The van der Waals surface area contributed by atoms with Crippen LogP contribution in [0, 0.1) is 0 Å². The first-order valence-corrected chi connectivity index (χ1v) is 7.85. The molecule has 0 saturated heterocycles. The number of hydrogen-bond donors (Lipinski definition) is 1. The van der Waals surface area contributed by atoms with Crippen LogP contribution in [0.2, 0.25) is 0 Å². The van der Waals surface area contributed by atoms with Crippen molar-refractivity contribution in [2.24, 2.45) is 0 Å². The lowest BCUT2D eigenvalue weighted by Crippen LogP contribution is -2.27. The molecule has 1 unspecified atom stereocenters. The van der Waals surface area contributed by atoms with Gasteiger partial charge in [-0.05, 0) is 26.0 Å². The molecule has 0 aromatic carbocycles. The highest BCUT2D eigenvalue weighted by molar-refractivity contribution is 7.91. The third-order valence-electron chi connectivity index (χ3n) is 2.40. The van der Waals surface area contributed by atoms with Crippen LogP contribution >= 0.6 is 0 Å². The summed E-state index contributed by atoms with van der Waals surface area (Å²) < 4.78 is 28.4. The predicted octanol–water partition coefficient (Wildman–Crippen LogP) is 1.72. The number of nitrogens with one attached hydrogen (secondary N) is 1. The van der Waals surface area contributed by atoms with Crippen molar-refractivity contribution in [3.05, 3.63) is 18.3 Å². The molecule has 1 heterocycles. The molecule has 0 spiro atoms. The van der Waals surface area contributed by atoms with E-state index in [1.54, 1.807) is 19.2 Å². The van der Waals surface area contributed by atoms with Gasteiger partial charge in [0, 0.05) is 18.0 Å². The number of aromatic nitrogens is 1. The molecule has 1 aromatic heterocycles. The number of nitrogens with zero attached hydrogens (tertiary/aromatic N) is 1. The van der Waals surface area contributed by atoms with Crippen LogP contribution in [0.1, 0.15) is 20.8 Å². The highest BCUT2D eigenvalue weighted by Gasteiger charge is 2.15. The maximum atomic E-state index is 11.5. The van der Waals surface area contributed by atoms with Crippen LogP contribution in [0.4, 0.5) is 5.69 Å². The number of ether oxygens (including phenoxy) is 1. The Kier molecular flexibility index (Phi) is 5.40.